The summed E-state index contributed by atoms with van der Waals surface area (Å²) in [5.74, 6) is 0.532. The Morgan fingerprint density at radius 2 is 2.18 bits per heavy atom. The lowest BCUT2D eigenvalue weighted by atomic mass is 10.5. The summed E-state index contributed by atoms with van der Waals surface area (Å²) in [5.41, 5.74) is 0. The Morgan fingerprint density at radius 1 is 1.55 bits per heavy atom. The summed E-state index contributed by atoms with van der Waals surface area (Å²) in [5, 5.41) is 0. The number of halogens is 1. The zero-order chi connectivity index (χ0) is 8.10. The SMILES string of the molecule is O=C(I)CSc1ccncc1. The predicted molar refractivity (Wildman–Crippen MR) is 54.0 cm³/mol. The molecule has 1 heterocycles. The van der Waals surface area contributed by atoms with Gasteiger partial charge in [-0.1, -0.05) is 0 Å². The van der Waals surface area contributed by atoms with Crippen LogP contribution in [0.2, 0.25) is 0 Å². The molecule has 4 heteroatoms. The van der Waals surface area contributed by atoms with Crippen LogP contribution in [-0.4, -0.2) is 14.5 Å². The fourth-order valence-electron chi connectivity index (χ4n) is 0.575. The van der Waals surface area contributed by atoms with Gasteiger partial charge in [0.05, 0.1) is 5.75 Å². The number of thioether (sulfide) groups is 1. The maximum atomic E-state index is 10.6. The van der Waals surface area contributed by atoms with Gasteiger partial charge in [-0.2, -0.15) is 0 Å². The van der Waals surface area contributed by atoms with Gasteiger partial charge in [-0.15, -0.1) is 11.8 Å². The second-order valence-electron chi connectivity index (χ2n) is 1.83. The van der Waals surface area contributed by atoms with Gasteiger partial charge < -0.3 is 0 Å². The third kappa shape index (κ3) is 3.71. The van der Waals surface area contributed by atoms with Crippen molar-refractivity contribution in [1.82, 2.24) is 4.98 Å². The number of pyridine rings is 1. The van der Waals surface area contributed by atoms with Gasteiger partial charge in [0.25, 0.3) is 0 Å². The summed E-state index contributed by atoms with van der Waals surface area (Å²) in [6.07, 6.45) is 3.44. The number of carbonyl (C=O) groups is 1. The molecule has 0 bridgehead atoms. The molecule has 0 aromatic carbocycles. The standard InChI is InChI=1S/C7H6INOS/c8-7(10)5-11-6-1-3-9-4-2-6/h1-4H,5H2. The van der Waals surface area contributed by atoms with Crippen molar-refractivity contribution in [3.8, 4) is 0 Å². The van der Waals surface area contributed by atoms with Crippen molar-refractivity contribution in [3.63, 3.8) is 0 Å². The highest BCUT2D eigenvalue weighted by atomic mass is 127. The first-order chi connectivity index (χ1) is 5.29. The third-order valence-corrected chi connectivity index (χ3v) is 2.91. The molecule has 0 atom stereocenters. The quantitative estimate of drug-likeness (QED) is 0.482. The zero-order valence-corrected chi connectivity index (χ0v) is 8.63. The third-order valence-electron chi connectivity index (χ3n) is 1.00. The van der Waals surface area contributed by atoms with Crippen molar-refractivity contribution < 1.29 is 4.79 Å². The van der Waals surface area contributed by atoms with Gasteiger partial charge in [0.2, 0.25) is 3.79 Å². The lowest BCUT2D eigenvalue weighted by molar-refractivity contribution is -0.107. The molecule has 58 valence electrons. The van der Waals surface area contributed by atoms with Gasteiger partial charge in [0.1, 0.15) is 0 Å². The number of carbonyl (C=O) groups excluding carboxylic acids is 1. The smallest absolute Gasteiger partial charge is 0.202 e. The summed E-state index contributed by atoms with van der Waals surface area (Å²) in [4.78, 5) is 15.5. The van der Waals surface area contributed by atoms with Crippen molar-refractivity contribution in [3.05, 3.63) is 24.5 Å². The largest absolute Gasteiger partial charge is 0.287 e. The molecule has 0 radical (unpaired) electrons. The average Bonchev–Trinajstić information content (AvgIpc) is 2.03. The van der Waals surface area contributed by atoms with E-state index >= 15 is 0 Å². The molecular formula is C7H6INOS. The highest BCUT2D eigenvalue weighted by Crippen LogP contribution is 2.16. The first kappa shape index (κ1) is 8.99. The summed E-state index contributed by atoms with van der Waals surface area (Å²) in [7, 11) is 0. The molecule has 11 heavy (non-hydrogen) atoms. The molecule has 1 aromatic heterocycles. The Labute approximate surface area is 82.9 Å². The molecule has 0 saturated heterocycles. The van der Waals surface area contributed by atoms with Crippen molar-refractivity contribution in [2.24, 2.45) is 0 Å². The van der Waals surface area contributed by atoms with E-state index < -0.39 is 0 Å². The van der Waals surface area contributed by atoms with Crippen LogP contribution in [0.1, 0.15) is 0 Å². The van der Waals surface area contributed by atoms with E-state index in [-0.39, 0.29) is 3.79 Å². The van der Waals surface area contributed by atoms with E-state index in [1.165, 1.54) is 11.8 Å². The minimum Gasteiger partial charge on any atom is -0.287 e. The molecule has 0 spiro atoms. The molecule has 0 aliphatic heterocycles. The Hall–Kier alpha value is -0.100. The van der Waals surface area contributed by atoms with Crippen LogP contribution in [0, 0.1) is 0 Å². The minimum atomic E-state index is 0.171. The number of aromatic nitrogens is 1. The van der Waals surface area contributed by atoms with E-state index in [1.807, 2.05) is 12.1 Å². The molecule has 2 nitrogen and oxygen atoms in total. The van der Waals surface area contributed by atoms with E-state index in [4.69, 9.17) is 0 Å². The van der Waals surface area contributed by atoms with Crippen molar-refractivity contribution in [1.29, 1.82) is 0 Å². The monoisotopic (exact) mass is 279 g/mol. The Kier molecular flexibility index (Phi) is 3.85. The predicted octanol–water partition coefficient (Wildman–Crippen LogP) is 2.14. The summed E-state index contributed by atoms with van der Waals surface area (Å²) < 4.78 is 0.171. The highest BCUT2D eigenvalue weighted by molar-refractivity contribution is 14.1. The van der Waals surface area contributed by atoms with Crippen LogP contribution in [0.15, 0.2) is 29.4 Å². The van der Waals surface area contributed by atoms with Crippen LogP contribution in [0.4, 0.5) is 0 Å². The van der Waals surface area contributed by atoms with Crippen molar-refractivity contribution in [2.45, 2.75) is 4.90 Å². The van der Waals surface area contributed by atoms with Crippen LogP contribution in [0.5, 0.6) is 0 Å². The Morgan fingerprint density at radius 3 is 2.73 bits per heavy atom. The molecule has 0 saturated carbocycles. The Bertz CT molecular complexity index is 239. The number of rotatable bonds is 3. The number of hydrogen-bond donors (Lipinski definition) is 0. The number of hydrogen-bond acceptors (Lipinski definition) is 3. The van der Waals surface area contributed by atoms with E-state index in [2.05, 4.69) is 4.98 Å². The average molecular weight is 279 g/mol. The maximum absolute atomic E-state index is 10.6. The summed E-state index contributed by atoms with van der Waals surface area (Å²) >= 11 is 3.33. The second kappa shape index (κ2) is 4.71. The molecule has 0 amide bonds. The van der Waals surface area contributed by atoms with Crippen LogP contribution in [0.25, 0.3) is 0 Å². The van der Waals surface area contributed by atoms with Crippen molar-refractivity contribution in [2.75, 3.05) is 5.75 Å². The van der Waals surface area contributed by atoms with Crippen LogP contribution in [-0.2, 0) is 4.79 Å². The van der Waals surface area contributed by atoms with Gasteiger partial charge >= 0.3 is 0 Å². The van der Waals surface area contributed by atoms with Crippen LogP contribution in [0.3, 0.4) is 0 Å². The molecule has 0 N–H and O–H groups in total. The topological polar surface area (TPSA) is 30.0 Å². The zero-order valence-electron chi connectivity index (χ0n) is 5.66. The maximum Gasteiger partial charge on any atom is 0.202 e. The van der Waals surface area contributed by atoms with E-state index in [0.29, 0.717) is 5.75 Å². The van der Waals surface area contributed by atoms with E-state index in [1.54, 1.807) is 35.0 Å². The van der Waals surface area contributed by atoms with Crippen molar-refractivity contribution >= 4 is 38.1 Å². The van der Waals surface area contributed by atoms with Gasteiger partial charge in [-0.25, -0.2) is 0 Å². The van der Waals surface area contributed by atoms with Gasteiger partial charge in [0.15, 0.2) is 0 Å². The van der Waals surface area contributed by atoms with Crippen LogP contribution < -0.4 is 0 Å². The van der Waals surface area contributed by atoms with Gasteiger partial charge in [0, 0.05) is 39.9 Å². The molecule has 0 aliphatic carbocycles. The first-order valence-corrected chi connectivity index (χ1v) is 5.06. The molecule has 0 aliphatic rings. The normalized spacial score (nSPS) is 9.55. The van der Waals surface area contributed by atoms with E-state index in [0.717, 1.165) is 4.90 Å². The molecule has 0 fully saturated rings. The fraction of sp³-hybridized carbons (Fsp3) is 0.143. The van der Waals surface area contributed by atoms with Crippen LogP contribution >= 0.6 is 34.4 Å². The second-order valence-corrected chi connectivity index (χ2v) is 4.08. The van der Waals surface area contributed by atoms with E-state index in [9.17, 15) is 4.79 Å². The summed E-state index contributed by atoms with van der Waals surface area (Å²) in [6, 6.07) is 3.79. The lowest BCUT2D eigenvalue weighted by Crippen LogP contribution is -1.87. The Balaban J connectivity index is 2.45. The molecule has 0 unspecified atom stereocenters. The number of nitrogens with zero attached hydrogens (tertiary/aromatic N) is 1. The molecular weight excluding hydrogens is 273 g/mol. The molecule has 1 aromatic rings. The van der Waals surface area contributed by atoms with Gasteiger partial charge in [-0.3, -0.25) is 9.78 Å². The first-order valence-electron chi connectivity index (χ1n) is 3.00. The lowest BCUT2D eigenvalue weighted by Gasteiger charge is -1.94. The summed E-state index contributed by atoms with van der Waals surface area (Å²) in [6.45, 7) is 0. The van der Waals surface area contributed by atoms with Gasteiger partial charge in [-0.05, 0) is 12.1 Å². The fourth-order valence-corrected chi connectivity index (χ4v) is 1.64. The highest BCUT2D eigenvalue weighted by Gasteiger charge is 1.96. The minimum absolute atomic E-state index is 0.171. The molecule has 1 rings (SSSR count).